The number of H-pyrrole nitrogens is 1. The van der Waals surface area contributed by atoms with E-state index in [9.17, 15) is 15.0 Å². The van der Waals surface area contributed by atoms with E-state index in [1.807, 2.05) is 0 Å². The fourth-order valence-electron chi connectivity index (χ4n) is 2.06. The summed E-state index contributed by atoms with van der Waals surface area (Å²) in [4.78, 5) is 14.0. The molecule has 2 aromatic carbocycles. The molecule has 0 aliphatic heterocycles. The Labute approximate surface area is 95.8 Å². The molecule has 0 amide bonds. The number of pyridine rings is 1. The van der Waals surface area contributed by atoms with Gasteiger partial charge in [-0.05, 0) is 23.6 Å². The van der Waals surface area contributed by atoms with E-state index in [-0.39, 0.29) is 17.1 Å². The van der Waals surface area contributed by atoms with Crippen molar-refractivity contribution in [2.24, 2.45) is 0 Å². The predicted molar refractivity (Wildman–Crippen MR) is 65.4 cm³/mol. The van der Waals surface area contributed by atoms with E-state index in [0.717, 1.165) is 0 Å². The van der Waals surface area contributed by atoms with Gasteiger partial charge in [0, 0.05) is 16.8 Å². The van der Waals surface area contributed by atoms with E-state index < -0.39 is 0 Å². The second kappa shape index (κ2) is 3.25. The van der Waals surface area contributed by atoms with Crippen molar-refractivity contribution in [2.75, 3.05) is 0 Å². The van der Waals surface area contributed by atoms with Gasteiger partial charge in [0.05, 0.1) is 5.52 Å². The number of phenolic OH excluding ortho intramolecular Hbond substituents is 2. The highest BCUT2D eigenvalue weighted by Gasteiger charge is 2.09. The number of hydrogen-bond donors (Lipinski definition) is 3. The van der Waals surface area contributed by atoms with Gasteiger partial charge in [-0.15, -0.1) is 0 Å². The lowest BCUT2D eigenvalue weighted by molar-refractivity contribution is 0.480. The van der Waals surface area contributed by atoms with E-state index in [2.05, 4.69) is 4.98 Å². The molecule has 0 atom stereocenters. The Morgan fingerprint density at radius 2 is 1.82 bits per heavy atom. The summed E-state index contributed by atoms with van der Waals surface area (Å²) in [6.45, 7) is 0. The molecular weight excluding hydrogens is 218 g/mol. The van der Waals surface area contributed by atoms with E-state index >= 15 is 0 Å². The summed E-state index contributed by atoms with van der Waals surface area (Å²) in [6.07, 6.45) is 0. The molecule has 4 heteroatoms. The molecule has 1 heterocycles. The average molecular weight is 227 g/mol. The molecule has 3 N–H and O–H groups in total. The van der Waals surface area contributed by atoms with E-state index in [4.69, 9.17) is 0 Å². The van der Waals surface area contributed by atoms with Crippen LogP contribution >= 0.6 is 0 Å². The largest absolute Gasteiger partial charge is 0.507 e. The zero-order chi connectivity index (χ0) is 12.0. The third kappa shape index (κ3) is 1.34. The number of benzene rings is 2. The van der Waals surface area contributed by atoms with Crippen molar-refractivity contribution < 1.29 is 10.2 Å². The summed E-state index contributed by atoms with van der Waals surface area (Å²) in [7, 11) is 0. The molecular formula is C13H9NO3. The van der Waals surface area contributed by atoms with Crippen LogP contribution in [0.3, 0.4) is 0 Å². The summed E-state index contributed by atoms with van der Waals surface area (Å²) in [5.41, 5.74) is 0.179. The van der Waals surface area contributed by atoms with Crippen LogP contribution in [0.4, 0.5) is 0 Å². The second-order valence-corrected chi connectivity index (χ2v) is 3.88. The third-order valence-corrected chi connectivity index (χ3v) is 2.81. The van der Waals surface area contributed by atoms with Gasteiger partial charge in [-0.25, -0.2) is 0 Å². The normalized spacial score (nSPS) is 11.1. The summed E-state index contributed by atoms with van der Waals surface area (Å²) in [6, 6.07) is 9.44. The van der Waals surface area contributed by atoms with Gasteiger partial charge in [0.2, 0.25) is 5.56 Å². The maximum Gasteiger partial charge on any atom is 0.248 e. The van der Waals surface area contributed by atoms with Crippen LogP contribution < -0.4 is 5.56 Å². The molecule has 0 unspecified atom stereocenters. The Bertz CT molecular complexity index is 790. The number of aromatic nitrogens is 1. The summed E-state index contributed by atoms with van der Waals surface area (Å²) >= 11 is 0. The molecule has 3 aromatic rings. The first-order valence-corrected chi connectivity index (χ1v) is 5.13. The zero-order valence-electron chi connectivity index (χ0n) is 8.77. The number of nitrogens with one attached hydrogen (secondary N) is 1. The predicted octanol–water partition coefficient (Wildman–Crippen LogP) is 2.09. The molecule has 0 spiro atoms. The van der Waals surface area contributed by atoms with Gasteiger partial charge in [-0.3, -0.25) is 4.79 Å². The third-order valence-electron chi connectivity index (χ3n) is 2.81. The van der Waals surface area contributed by atoms with Gasteiger partial charge < -0.3 is 15.2 Å². The molecule has 0 bridgehead atoms. The molecule has 0 aliphatic carbocycles. The van der Waals surface area contributed by atoms with Crippen LogP contribution in [-0.4, -0.2) is 15.2 Å². The quantitative estimate of drug-likeness (QED) is 0.515. The van der Waals surface area contributed by atoms with Gasteiger partial charge >= 0.3 is 0 Å². The summed E-state index contributed by atoms with van der Waals surface area (Å²) in [5, 5.41) is 21.4. The molecule has 84 valence electrons. The van der Waals surface area contributed by atoms with E-state index in [0.29, 0.717) is 21.7 Å². The Kier molecular flexibility index (Phi) is 1.86. The van der Waals surface area contributed by atoms with Crippen LogP contribution in [0.25, 0.3) is 21.7 Å². The fraction of sp³-hybridized carbons (Fsp3) is 0. The Morgan fingerprint density at radius 3 is 2.65 bits per heavy atom. The van der Waals surface area contributed by atoms with Crippen LogP contribution in [0, 0.1) is 0 Å². The van der Waals surface area contributed by atoms with Crippen LogP contribution in [0.5, 0.6) is 11.5 Å². The van der Waals surface area contributed by atoms with Gasteiger partial charge in [0.15, 0.2) is 0 Å². The molecule has 0 radical (unpaired) electrons. The SMILES string of the molecule is O=c1ccc2c(O)cc3cccc(O)c3c2[nH]1. The summed E-state index contributed by atoms with van der Waals surface area (Å²) < 4.78 is 0. The lowest BCUT2D eigenvalue weighted by atomic mass is 10.0. The molecule has 17 heavy (non-hydrogen) atoms. The van der Waals surface area contributed by atoms with Crippen LogP contribution in [0.15, 0.2) is 41.2 Å². The topological polar surface area (TPSA) is 73.3 Å². The number of hydrogen-bond acceptors (Lipinski definition) is 3. The fourth-order valence-corrected chi connectivity index (χ4v) is 2.06. The smallest absolute Gasteiger partial charge is 0.248 e. The van der Waals surface area contributed by atoms with Crippen LogP contribution in [0.2, 0.25) is 0 Å². The van der Waals surface area contributed by atoms with Crippen LogP contribution in [0.1, 0.15) is 0 Å². The second-order valence-electron chi connectivity index (χ2n) is 3.88. The van der Waals surface area contributed by atoms with Crippen molar-refractivity contribution >= 4 is 21.7 Å². The first-order valence-electron chi connectivity index (χ1n) is 5.13. The monoisotopic (exact) mass is 227 g/mol. The maximum atomic E-state index is 11.3. The van der Waals surface area contributed by atoms with Crippen molar-refractivity contribution in [2.45, 2.75) is 0 Å². The van der Waals surface area contributed by atoms with Gasteiger partial charge in [-0.1, -0.05) is 12.1 Å². The number of rotatable bonds is 0. The van der Waals surface area contributed by atoms with Crippen molar-refractivity contribution in [3.63, 3.8) is 0 Å². The van der Waals surface area contributed by atoms with Gasteiger partial charge in [0.25, 0.3) is 0 Å². The lowest BCUT2D eigenvalue weighted by Gasteiger charge is -2.07. The first kappa shape index (κ1) is 9.72. The van der Waals surface area contributed by atoms with E-state index in [1.54, 1.807) is 24.3 Å². The standard InChI is InChI=1S/C13H9NO3/c15-9-3-1-2-7-6-10(16)8-4-5-11(17)14-13(8)12(7)9/h1-6,15-16H,(H,14,17). The van der Waals surface area contributed by atoms with Crippen molar-refractivity contribution in [1.82, 2.24) is 4.98 Å². The molecule has 3 rings (SSSR count). The van der Waals surface area contributed by atoms with Crippen molar-refractivity contribution in [3.8, 4) is 11.5 Å². The molecule has 0 aliphatic rings. The summed E-state index contributed by atoms with van der Waals surface area (Å²) in [5.74, 6) is 0.156. The molecule has 1 aromatic heterocycles. The number of aromatic amines is 1. The van der Waals surface area contributed by atoms with Gasteiger partial charge in [0.1, 0.15) is 11.5 Å². The highest BCUT2D eigenvalue weighted by molar-refractivity contribution is 6.10. The highest BCUT2D eigenvalue weighted by Crippen LogP contribution is 2.35. The number of fused-ring (bicyclic) bond motifs is 3. The minimum absolute atomic E-state index is 0.0781. The van der Waals surface area contributed by atoms with Crippen molar-refractivity contribution in [1.29, 1.82) is 0 Å². The molecule has 4 nitrogen and oxygen atoms in total. The zero-order valence-corrected chi connectivity index (χ0v) is 8.77. The number of aromatic hydroxyl groups is 2. The van der Waals surface area contributed by atoms with Gasteiger partial charge in [-0.2, -0.15) is 0 Å². The van der Waals surface area contributed by atoms with Crippen molar-refractivity contribution in [3.05, 3.63) is 46.8 Å². The highest BCUT2D eigenvalue weighted by atomic mass is 16.3. The maximum absolute atomic E-state index is 11.3. The number of phenols is 2. The Balaban J connectivity index is 2.70. The molecule has 0 saturated heterocycles. The molecule has 0 fully saturated rings. The molecule has 0 saturated carbocycles. The minimum atomic E-state index is -0.271. The average Bonchev–Trinajstić information content (AvgIpc) is 2.28. The van der Waals surface area contributed by atoms with Crippen LogP contribution in [-0.2, 0) is 0 Å². The lowest BCUT2D eigenvalue weighted by Crippen LogP contribution is -2.02. The minimum Gasteiger partial charge on any atom is -0.507 e. The first-order chi connectivity index (χ1) is 8.16. The Hall–Kier alpha value is -2.49. The Morgan fingerprint density at radius 1 is 1.00 bits per heavy atom. The van der Waals surface area contributed by atoms with E-state index in [1.165, 1.54) is 12.1 Å².